The van der Waals surface area contributed by atoms with Crippen LogP contribution in [0.25, 0.3) is 16.6 Å². The van der Waals surface area contributed by atoms with Crippen molar-refractivity contribution < 1.29 is 9.18 Å². The SMILES string of the molecule is CCCCCN(C(=O)c1ccc(Cl)cc1Cl)C(CC)c1nc2ccccc2c(=O)n1-c1ccc(F)c(Cl)c1. The van der Waals surface area contributed by atoms with E-state index in [-0.39, 0.29) is 21.5 Å². The second kappa shape index (κ2) is 12.3. The monoisotopic (exact) mass is 573 g/mol. The van der Waals surface area contributed by atoms with Crippen LogP contribution in [0.1, 0.15) is 61.8 Å². The highest BCUT2D eigenvalue weighted by molar-refractivity contribution is 6.36. The second-order valence-corrected chi connectivity index (χ2v) is 10.2. The van der Waals surface area contributed by atoms with Gasteiger partial charge in [-0.25, -0.2) is 9.37 Å². The molecule has 0 aliphatic carbocycles. The molecule has 1 atom stereocenters. The Morgan fingerprint density at radius 2 is 1.76 bits per heavy atom. The second-order valence-electron chi connectivity index (χ2n) is 8.98. The first kappa shape index (κ1) is 28.1. The van der Waals surface area contributed by atoms with Gasteiger partial charge in [0.1, 0.15) is 11.6 Å². The molecule has 0 aliphatic rings. The number of carbonyl (C=O) groups is 1. The maximum absolute atomic E-state index is 14.0. The smallest absolute Gasteiger partial charge is 0.266 e. The molecule has 0 bridgehead atoms. The van der Waals surface area contributed by atoms with E-state index in [1.54, 1.807) is 41.3 Å². The van der Waals surface area contributed by atoms with Crippen LogP contribution >= 0.6 is 34.8 Å². The first-order valence-corrected chi connectivity index (χ1v) is 13.6. The molecule has 9 heteroatoms. The number of aromatic nitrogens is 2. The number of rotatable bonds is 9. The number of hydrogen-bond donors (Lipinski definition) is 0. The predicted molar refractivity (Wildman–Crippen MR) is 152 cm³/mol. The summed E-state index contributed by atoms with van der Waals surface area (Å²) < 4.78 is 15.5. The fourth-order valence-corrected chi connectivity index (χ4v) is 5.20. The van der Waals surface area contributed by atoms with Gasteiger partial charge in [0, 0.05) is 11.6 Å². The molecule has 4 aromatic rings. The van der Waals surface area contributed by atoms with Crippen molar-refractivity contribution in [2.45, 2.75) is 45.6 Å². The summed E-state index contributed by atoms with van der Waals surface area (Å²) in [7, 11) is 0. The van der Waals surface area contributed by atoms with Crippen LogP contribution in [-0.2, 0) is 0 Å². The van der Waals surface area contributed by atoms with Crippen LogP contribution < -0.4 is 5.56 Å². The van der Waals surface area contributed by atoms with Crippen molar-refractivity contribution in [3.8, 4) is 5.69 Å². The highest BCUT2D eigenvalue weighted by Crippen LogP contribution is 2.31. The van der Waals surface area contributed by atoms with Gasteiger partial charge in [0.15, 0.2) is 0 Å². The Bertz CT molecular complexity index is 1540. The van der Waals surface area contributed by atoms with Gasteiger partial charge in [-0.05, 0) is 61.4 Å². The summed E-state index contributed by atoms with van der Waals surface area (Å²) in [6.07, 6.45) is 3.10. The molecule has 0 fully saturated rings. The average molecular weight is 575 g/mol. The summed E-state index contributed by atoms with van der Waals surface area (Å²) in [5, 5.41) is 0.947. The molecule has 0 saturated carbocycles. The Morgan fingerprint density at radius 1 is 1.00 bits per heavy atom. The maximum atomic E-state index is 14.0. The van der Waals surface area contributed by atoms with E-state index in [2.05, 4.69) is 6.92 Å². The van der Waals surface area contributed by atoms with Crippen LogP contribution in [0.4, 0.5) is 4.39 Å². The summed E-state index contributed by atoms with van der Waals surface area (Å²) in [4.78, 5) is 34.4. The summed E-state index contributed by atoms with van der Waals surface area (Å²) in [6.45, 7) is 4.44. The molecule has 1 unspecified atom stereocenters. The third-order valence-corrected chi connectivity index (χ3v) is 7.29. The summed E-state index contributed by atoms with van der Waals surface area (Å²) in [6, 6.07) is 15.3. The summed E-state index contributed by atoms with van der Waals surface area (Å²) in [5.41, 5.74) is 0.835. The molecule has 0 spiro atoms. The minimum absolute atomic E-state index is 0.120. The Kier molecular flexibility index (Phi) is 9.08. The van der Waals surface area contributed by atoms with Crippen LogP contribution in [0.5, 0.6) is 0 Å². The van der Waals surface area contributed by atoms with E-state index in [4.69, 9.17) is 39.8 Å². The molecule has 3 aromatic carbocycles. The normalized spacial score (nSPS) is 12.1. The Balaban J connectivity index is 1.95. The van der Waals surface area contributed by atoms with Gasteiger partial charge < -0.3 is 4.90 Å². The summed E-state index contributed by atoms with van der Waals surface area (Å²) >= 11 is 18.6. The maximum Gasteiger partial charge on any atom is 0.266 e. The lowest BCUT2D eigenvalue weighted by atomic mass is 10.1. The Morgan fingerprint density at radius 3 is 2.45 bits per heavy atom. The number of benzene rings is 3. The van der Waals surface area contributed by atoms with E-state index in [1.807, 2.05) is 6.92 Å². The van der Waals surface area contributed by atoms with Crippen molar-refractivity contribution >= 4 is 51.6 Å². The van der Waals surface area contributed by atoms with E-state index in [0.717, 1.165) is 19.3 Å². The minimum Gasteiger partial charge on any atom is -0.328 e. The van der Waals surface area contributed by atoms with Crippen LogP contribution in [0.15, 0.2) is 65.5 Å². The van der Waals surface area contributed by atoms with Crippen molar-refractivity contribution in [1.82, 2.24) is 14.5 Å². The lowest BCUT2D eigenvalue weighted by Gasteiger charge is -2.33. The van der Waals surface area contributed by atoms with Crippen LogP contribution in [-0.4, -0.2) is 26.9 Å². The Hall–Kier alpha value is -2.93. The lowest BCUT2D eigenvalue weighted by molar-refractivity contribution is 0.0655. The van der Waals surface area contributed by atoms with Crippen LogP contribution in [0.2, 0.25) is 15.1 Å². The lowest BCUT2D eigenvalue weighted by Crippen LogP contribution is -2.39. The number of para-hydroxylation sites is 1. The van der Waals surface area contributed by atoms with Crippen molar-refractivity contribution in [3.05, 3.63) is 103 Å². The van der Waals surface area contributed by atoms with Crippen molar-refractivity contribution in [2.24, 2.45) is 0 Å². The molecular weight excluding hydrogens is 548 g/mol. The molecule has 0 aliphatic heterocycles. The highest BCUT2D eigenvalue weighted by atomic mass is 35.5. The van der Waals surface area contributed by atoms with Gasteiger partial charge in [-0.3, -0.25) is 14.2 Å². The zero-order valence-electron chi connectivity index (χ0n) is 21.1. The zero-order chi connectivity index (χ0) is 27.4. The zero-order valence-corrected chi connectivity index (χ0v) is 23.3. The molecule has 0 saturated heterocycles. The van der Waals surface area contributed by atoms with Gasteiger partial charge in [0.2, 0.25) is 0 Å². The number of amides is 1. The van der Waals surface area contributed by atoms with Gasteiger partial charge in [0.25, 0.3) is 11.5 Å². The van der Waals surface area contributed by atoms with E-state index in [9.17, 15) is 14.0 Å². The average Bonchev–Trinajstić information content (AvgIpc) is 2.90. The van der Waals surface area contributed by atoms with Crippen molar-refractivity contribution in [2.75, 3.05) is 6.54 Å². The number of unbranched alkanes of at least 4 members (excludes halogenated alkanes) is 2. The Labute approximate surface area is 235 Å². The number of hydrogen-bond acceptors (Lipinski definition) is 3. The topological polar surface area (TPSA) is 55.2 Å². The fourth-order valence-electron chi connectivity index (χ4n) is 4.54. The van der Waals surface area contributed by atoms with Gasteiger partial charge >= 0.3 is 0 Å². The number of halogens is 4. The first-order valence-electron chi connectivity index (χ1n) is 12.5. The summed E-state index contributed by atoms with van der Waals surface area (Å²) in [5.74, 6) is -0.533. The van der Waals surface area contributed by atoms with Crippen molar-refractivity contribution in [1.29, 1.82) is 0 Å². The van der Waals surface area contributed by atoms with Crippen LogP contribution in [0, 0.1) is 5.82 Å². The standard InChI is InChI=1S/C29H27Cl3FN3O2/c1-3-5-8-15-35(28(37)20-13-11-18(30)16-22(20)31)26(4-2)27-34-25-10-7-6-9-21(25)29(38)36(27)19-12-14-24(33)23(32)17-19/h6-7,9-14,16-17,26H,3-5,8,15H2,1-2H3. The van der Waals surface area contributed by atoms with Gasteiger partial charge in [-0.1, -0.05) is 73.6 Å². The minimum atomic E-state index is -0.598. The molecule has 1 heterocycles. The van der Waals surface area contributed by atoms with Gasteiger partial charge in [0.05, 0.1) is 38.2 Å². The van der Waals surface area contributed by atoms with E-state index >= 15 is 0 Å². The van der Waals surface area contributed by atoms with E-state index in [0.29, 0.717) is 46.0 Å². The molecular formula is C29H27Cl3FN3O2. The van der Waals surface area contributed by atoms with Crippen molar-refractivity contribution in [3.63, 3.8) is 0 Å². The van der Waals surface area contributed by atoms with Crippen LogP contribution in [0.3, 0.4) is 0 Å². The van der Waals surface area contributed by atoms with Gasteiger partial charge in [-0.2, -0.15) is 0 Å². The van der Waals surface area contributed by atoms with Gasteiger partial charge in [-0.15, -0.1) is 0 Å². The largest absolute Gasteiger partial charge is 0.328 e. The van der Waals surface area contributed by atoms with E-state index in [1.165, 1.54) is 28.8 Å². The molecule has 1 aromatic heterocycles. The molecule has 0 radical (unpaired) electrons. The predicted octanol–water partition coefficient (Wildman–Crippen LogP) is 8.27. The molecule has 0 N–H and O–H groups in total. The molecule has 4 rings (SSSR count). The molecule has 1 amide bonds. The number of nitrogens with zero attached hydrogens (tertiary/aromatic N) is 3. The highest BCUT2D eigenvalue weighted by Gasteiger charge is 2.30. The quantitative estimate of drug-likeness (QED) is 0.189. The number of carbonyl (C=O) groups excluding carboxylic acids is 1. The third-order valence-electron chi connectivity index (χ3n) is 6.45. The van der Waals surface area contributed by atoms with E-state index < -0.39 is 11.9 Å². The third kappa shape index (κ3) is 5.73. The first-order chi connectivity index (χ1) is 18.3. The molecule has 198 valence electrons. The fraction of sp³-hybridized carbons (Fsp3) is 0.276. The molecule has 38 heavy (non-hydrogen) atoms. The molecule has 5 nitrogen and oxygen atoms in total. The number of fused-ring (bicyclic) bond motifs is 1.